The molecule has 0 aliphatic carbocycles. The normalized spacial score (nSPS) is 16.8. The average Bonchev–Trinajstić information content (AvgIpc) is 1.99. The van der Waals surface area contributed by atoms with Crippen molar-refractivity contribution in [2.45, 2.75) is 33.3 Å². The van der Waals surface area contributed by atoms with Gasteiger partial charge < -0.3 is 4.74 Å². The summed E-state index contributed by atoms with van der Waals surface area (Å²) in [6, 6.07) is 0. The maximum absolute atomic E-state index is 5.49. The maximum Gasteiger partial charge on any atom is 0.0544 e. The number of thiol groups is 1. The van der Waals surface area contributed by atoms with Crippen LogP contribution in [0.2, 0.25) is 0 Å². The van der Waals surface area contributed by atoms with Crippen molar-refractivity contribution in [2.24, 2.45) is 5.92 Å². The zero-order chi connectivity index (χ0) is 7.98. The first-order valence-corrected chi connectivity index (χ1v) is 4.56. The Bertz CT molecular complexity index is 65.7. The van der Waals surface area contributed by atoms with E-state index in [1.165, 1.54) is 0 Å². The fourth-order valence-electron chi connectivity index (χ4n) is 0.499. The van der Waals surface area contributed by atoms with E-state index in [2.05, 4.69) is 33.4 Å². The molecule has 0 N–H and O–H groups in total. The van der Waals surface area contributed by atoms with Gasteiger partial charge in [-0.1, -0.05) is 13.8 Å². The smallest absolute Gasteiger partial charge is 0.0544 e. The predicted octanol–water partition coefficient (Wildman–Crippen LogP) is 2.37. The van der Waals surface area contributed by atoms with E-state index < -0.39 is 0 Å². The number of ether oxygens (including phenoxy) is 1. The Balaban J connectivity index is 3.17. The van der Waals surface area contributed by atoms with E-state index in [9.17, 15) is 0 Å². The van der Waals surface area contributed by atoms with E-state index in [1.54, 1.807) is 0 Å². The van der Waals surface area contributed by atoms with Crippen LogP contribution in [-0.2, 0) is 4.74 Å². The molecular formula is C8H18OS. The fourth-order valence-corrected chi connectivity index (χ4v) is 0.604. The second-order valence-electron chi connectivity index (χ2n) is 2.84. The quantitative estimate of drug-likeness (QED) is 0.611. The van der Waals surface area contributed by atoms with Gasteiger partial charge in [-0.2, -0.15) is 12.6 Å². The molecule has 0 rings (SSSR count). The van der Waals surface area contributed by atoms with Crippen LogP contribution in [0.15, 0.2) is 0 Å². The minimum Gasteiger partial charge on any atom is -0.378 e. The first kappa shape index (κ1) is 10.3. The highest BCUT2D eigenvalue weighted by molar-refractivity contribution is 7.80. The van der Waals surface area contributed by atoms with Crippen LogP contribution in [0.4, 0.5) is 0 Å². The number of rotatable bonds is 5. The van der Waals surface area contributed by atoms with Gasteiger partial charge in [-0.05, 0) is 25.0 Å². The summed E-state index contributed by atoms with van der Waals surface area (Å²) in [7, 11) is 0. The van der Waals surface area contributed by atoms with Gasteiger partial charge in [-0.15, -0.1) is 0 Å². The highest BCUT2D eigenvalue weighted by Crippen LogP contribution is 2.02. The molecule has 0 aliphatic rings. The molecule has 0 aromatic rings. The predicted molar refractivity (Wildman–Crippen MR) is 48.7 cm³/mol. The Morgan fingerprint density at radius 3 is 2.40 bits per heavy atom. The Morgan fingerprint density at radius 2 is 2.00 bits per heavy atom. The molecule has 0 amide bonds. The minimum absolute atomic E-state index is 0.405. The molecule has 0 spiro atoms. The topological polar surface area (TPSA) is 9.23 Å². The lowest BCUT2D eigenvalue weighted by molar-refractivity contribution is 0.0465. The Labute approximate surface area is 69.6 Å². The summed E-state index contributed by atoms with van der Waals surface area (Å²) < 4.78 is 5.49. The van der Waals surface area contributed by atoms with E-state index in [4.69, 9.17) is 4.74 Å². The Kier molecular flexibility index (Phi) is 6.24. The van der Waals surface area contributed by atoms with Crippen molar-refractivity contribution in [3.8, 4) is 0 Å². The highest BCUT2D eigenvalue weighted by atomic mass is 32.1. The van der Waals surface area contributed by atoms with Crippen molar-refractivity contribution in [3.05, 3.63) is 0 Å². The first-order valence-electron chi connectivity index (χ1n) is 3.93. The van der Waals surface area contributed by atoms with Gasteiger partial charge in [-0.25, -0.2) is 0 Å². The average molecular weight is 162 g/mol. The zero-order valence-corrected chi connectivity index (χ0v) is 8.03. The van der Waals surface area contributed by atoms with Gasteiger partial charge in [0, 0.05) is 0 Å². The molecule has 0 aromatic carbocycles. The summed E-state index contributed by atoms with van der Waals surface area (Å²) in [5.41, 5.74) is 0. The molecule has 62 valence electrons. The summed E-state index contributed by atoms with van der Waals surface area (Å²) in [5.74, 6) is 1.49. The zero-order valence-electron chi connectivity index (χ0n) is 7.13. The molecule has 0 bridgehead atoms. The van der Waals surface area contributed by atoms with Gasteiger partial charge in [-0.3, -0.25) is 0 Å². The van der Waals surface area contributed by atoms with Crippen LogP contribution < -0.4 is 0 Å². The molecule has 0 heterocycles. The second kappa shape index (κ2) is 6.05. The van der Waals surface area contributed by atoms with Crippen molar-refractivity contribution < 1.29 is 4.74 Å². The van der Waals surface area contributed by atoms with Crippen LogP contribution >= 0.6 is 12.6 Å². The largest absolute Gasteiger partial charge is 0.378 e. The molecule has 0 radical (unpaired) electrons. The van der Waals surface area contributed by atoms with E-state index in [0.29, 0.717) is 12.0 Å². The maximum atomic E-state index is 5.49. The van der Waals surface area contributed by atoms with Gasteiger partial charge in [0.25, 0.3) is 0 Å². The van der Waals surface area contributed by atoms with Crippen LogP contribution in [0.25, 0.3) is 0 Å². The molecule has 2 heteroatoms. The summed E-state index contributed by atoms with van der Waals surface area (Å²) >= 11 is 4.17. The van der Waals surface area contributed by atoms with Crippen molar-refractivity contribution in [1.29, 1.82) is 0 Å². The summed E-state index contributed by atoms with van der Waals surface area (Å²) in [6.45, 7) is 7.23. The van der Waals surface area contributed by atoms with Crippen molar-refractivity contribution in [1.82, 2.24) is 0 Å². The van der Waals surface area contributed by atoms with Crippen LogP contribution in [0.1, 0.15) is 27.2 Å². The molecule has 2 unspecified atom stereocenters. The number of hydrogen-bond acceptors (Lipinski definition) is 2. The van der Waals surface area contributed by atoms with Crippen molar-refractivity contribution >= 4 is 12.6 Å². The Morgan fingerprint density at radius 1 is 1.40 bits per heavy atom. The molecular weight excluding hydrogens is 144 g/mol. The van der Waals surface area contributed by atoms with E-state index in [-0.39, 0.29) is 0 Å². The standard InChI is InChI=1S/C8H18OS/c1-4-8(3)9-5-7(2)6-10/h7-8,10H,4-6H2,1-3H3. The second-order valence-corrected chi connectivity index (χ2v) is 3.21. The first-order chi connectivity index (χ1) is 4.70. The van der Waals surface area contributed by atoms with Gasteiger partial charge in [0.1, 0.15) is 0 Å². The van der Waals surface area contributed by atoms with Crippen LogP contribution in [0.5, 0.6) is 0 Å². The van der Waals surface area contributed by atoms with Gasteiger partial charge in [0.2, 0.25) is 0 Å². The van der Waals surface area contributed by atoms with Crippen molar-refractivity contribution in [3.63, 3.8) is 0 Å². The van der Waals surface area contributed by atoms with E-state index in [1.807, 2.05) is 0 Å². The lowest BCUT2D eigenvalue weighted by atomic mass is 10.2. The fraction of sp³-hybridized carbons (Fsp3) is 1.00. The van der Waals surface area contributed by atoms with Gasteiger partial charge >= 0.3 is 0 Å². The van der Waals surface area contributed by atoms with Crippen LogP contribution in [0.3, 0.4) is 0 Å². The van der Waals surface area contributed by atoms with Crippen LogP contribution in [0, 0.1) is 5.92 Å². The lowest BCUT2D eigenvalue weighted by Gasteiger charge is -2.13. The van der Waals surface area contributed by atoms with Crippen LogP contribution in [-0.4, -0.2) is 18.5 Å². The third kappa shape index (κ3) is 5.12. The number of hydrogen-bond donors (Lipinski definition) is 1. The molecule has 0 fully saturated rings. The monoisotopic (exact) mass is 162 g/mol. The molecule has 0 saturated heterocycles. The van der Waals surface area contributed by atoms with Gasteiger partial charge in [0.05, 0.1) is 12.7 Å². The molecule has 0 aromatic heterocycles. The molecule has 0 saturated carbocycles. The van der Waals surface area contributed by atoms with Gasteiger partial charge in [0.15, 0.2) is 0 Å². The highest BCUT2D eigenvalue weighted by Gasteiger charge is 2.02. The molecule has 0 aliphatic heterocycles. The SMILES string of the molecule is CCC(C)OCC(C)CS. The molecule has 1 nitrogen and oxygen atoms in total. The molecule has 10 heavy (non-hydrogen) atoms. The Hall–Kier alpha value is 0.310. The summed E-state index contributed by atoms with van der Waals surface area (Å²) in [6.07, 6.45) is 1.50. The minimum atomic E-state index is 0.405. The van der Waals surface area contributed by atoms with E-state index >= 15 is 0 Å². The third-order valence-electron chi connectivity index (χ3n) is 1.55. The third-order valence-corrected chi connectivity index (χ3v) is 2.18. The molecule has 2 atom stereocenters. The van der Waals surface area contributed by atoms with Crippen molar-refractivity contribution in [2.75, 3.05) is 12.4 Å². The summed E-state index contributed by atoms with van der Waals surface area (Å²) in [4.78, 5) is 0. The lowest BCUT2D eigenvalue weighted by Crippen LogP contribution is -2.13. The van der Waals surface area contributed by atoms with E-state index in [0.717, 1.165) is 18.8 Å². The summed E-state index contributed by atoms with van der Waals surface area (Å²) in [5, 5.41) is 0.